The molecule has 0 fully saturated rings. The van der Waals surface area contributed by atoms with Crippen LogP contribution in [0.4, 0.5) is 5.69 Å². The third-order valence-corrected chi connectivity index (χ3v) is 1.91. The van der Waals surface area contributed by atoms with Crippen LogP contribution in [0.1, 0.15) is 10.4 Å². The van der Waals surface area contributed by atoms with Crippen molar-refractivity contribution < 1.29 is 14.3 Å². The van der Waals surface area contributed by atoms with Crippen LogP contribution < -0.4 is 10.5 Å². The summed E-state index contributed by atoms with van der Waals surface area (Å²) in [5.41, 5.74) is 6.14. The summed E-state index contributed by atoms with van der Waals surface area (Å²) >= 11 is 5.74. The van der Waals surface area contributed by atoms with Crippen molar-refractivity contribution in [3.8, 4) is 5.75 Å². The molecule has 76 valence electrons. The lowest BCUT2D eigenvalue weighted by molar-refractivity contribution is 0.0597. The SMILES string of the molecule is COC(=O)c1cc(Cl)cc(N)c1OC. The molecule has 0 aliphatic carbocycles. The van der Waals surface area contributed by atoms with E-state index in [9.17, 15) is 4.79 Å². The van der Waals surface area contributed by atoms with Crippen LogP contribution >= 0.6 is 11.6 Å². The molecule has 5 heteroatoms. The standard InChI is InChI=1S/C9H10ClNO3/c1-13-8-6(9(12)14-2)3-5(10)4-7(8)11/h3-4H,11H2,1-2H3. The summed E-state index contributed by atoms with van der Waals surface area (Å²) in [6, 6.07) is 2.95. The van der Waals surface area contributed by atoms with Crippen LogP contribution in [0.15, 0.2) is 12.1 Å². The van der Waals surface area contributed by atoms with E-state index in [4.69, 9.17) is 22.1 Å². The van der Waals surface area contributed by atoms with Crippen molar-refractivity contribution in [3.63, 3.8) is 0 Å². The van der Waals surface area contributed by atoms with Gasteiger partial charge in [0.15, 0.2) is 5.75 Å². The fraction of sp³-hybridized carbons (Fsp3) is 0.222. The summed E-state index contributed by atoms with van der Waals surface area (Å²) in [5.74, 6) is -0.252. The molecule has 0 aliphatic rings. The predicted octanol–water partition coefficient (Wildman–Crippen LogP) is 1.72. The maximum absolute atomic E-state index is 11.3. The Hall–Kier alpha value is -1.42. The van der Waals surface area contributed by atoms with E-state index in [-0.39, 0.29) is 11.3 Å². The summed E-state index contributed by atoms with van der Waals surface area (Å²) in [6.45, 7) is 0. The molecule has 14 heavy (non-hydrogen) atoms. The first kappa shape index (κ1) is 10.7. The number of halogens is 1. The Labute approximate surface area is 86.6 Å². The van der Waals surface area contributed by atoms with E-state index in [0.717, 1.165) is 0 Å². The highest BCUT2D eigenvalue weighted by atomic mass is 35.5. The molecule has 4 nitrogen and oxygen atoms in total. The summed E-state index contributed by atoms with van der Waals surface area (Å²) in [6.07, 6.45) is 0. The van der Waals surface area contributed by atoms with Crippen molar-refractivity contribution in [3.05, 3.63) is 22.7 Å². The number of methoxy groups -OCH3 is 2. The number of anilines is 1. The molecule has 1 aromatic rings. The number of nitrogen functional groups attached to an aromatic ring is 1. The Kier molecular flexibility index (Phi) is 3.19. The van der Waals surface area contributed by atoms with Gasteiger partial charge >= 0.3 is 5.97 Å². The van der Waals surface area contributed by atoms with Crippen LogP contribution in [0.3, 0.4) is 0 Å². The first-order valence-corrected chi connectivity index (χ1v) is 4.19. The summed E-state index contributed by atoms with van der Waals surface area (Å²) < 4.78 is 9.53. The predicted molar refractivity (Wildman–Crippen MR) is 53.8 cm³/mol. The second-order valence-electron chi connectivity index (χ2n) is 2.57. The lowest BCUT2D eigenvalue weighted by atomic mass is 10.1. The van der Waals surface area contributed by atoms with Crippen molar-refractivity contribution in [2.75, 3.05) is 20.0 Å². The number of rotatable bonds is 2. The molecule has 0 radical (unpaired) electrons. The largest absolute Gasteiger partial charge is 0.494 e. The average Bonchev–Trinajstić information content (AvgIpc) is 2.15. The maximum atomic E-state index is 11.3. The normalized spacial score (nSPS) is 9.64. The van der Waals surface area contributed by atoms with Crippen molar-refractivity contribution in [1.29, 1.82) is 0 Å². The number of carbonyl (C=O) groups is 1. The van der Waals surface area contributed by atoms with Gasteiger partial charge in [-0.3, -0.25) is 0 Å². The Morgan fingerprint density at radius 2 is 2.07 bits per heavy atom. The van der Waals surface area contributed by atoms with Gasteiger partial charge in [0.2, 0.25) is 0 Å². The van der Waals surface area contributed by atoms with Gasteiger partial charge in [0.05, 0.1) is 19.9 Å². The van der Waals surface area contributed by atoms with Crippen LogP contribution in [0, 0.1) is 0 Å². The zero-order chi connectivity index (χ0) is 10.7. The van der Waals surface area contributed by atoms with Gasteiger partial charge in [-0.2, -0.15) is 0 Å². The van der Waals surface area contributed by atoms with Crippen LogP contribution in [-0.4, -0.2) is 20.2 Å². The van der Waals surface area contributed by atoms with Gasteiger partial charge in [-0.25, -0.2) is 4.79 Å². The molecule has 0 saturated heterocycles. The summed E-state index contributed by atoms with van der Waals surface area (Å²) in [4.78, 5) is 11.3. The molecule has 2 N–H and O–H groups in total. The fourth-order valence-corrected chi connectivity index (χ4v) is 1.33. The summed E-state index contributed by atoms with van der Waals surface area (Å²) in [7, 11) is 2.70. The zero-order valence-electron chi connectivity index (χ0n) is 7.83. The van der Waals surface area contributed by atoms with E-state index in [2.05, 4.69) is 4.74 Å². The molecule has 1 aromatic carbocycles. The fourth-order valence-electron chi connectivity index (χ4n) is 1.10. The Morgan fingerprint density at radius 3 is 2.57 bits per heavy atom. The molecule has 0 spiro atoms. The Balaban J connectivity index is 3.32. The number of hydrogen-bond donors (Lipinski definition) is 1. The molecule has 0 aliphatic heterocycles. The van der Waals surface area contributed by atoms with E-state index < -0.39 is 5.97 Å². The third kappa shape index (κ3) is 1.90. The van der Waals surface area contributed by atoms with Gasteiger partial charge in [-0.05, 0) is 12.1 Å². The van der Waals surface area contributed by atoms with Crippen LogP contribution in [0.2, 0.25) is 5.02 Å². The molecule has 0 saturated carbocycles. The quantitative estimate of drug-likeness (QED) is 0.603. The van der Waals surface area contributed by atoms with Gasteiger partial charge in [0.25, 0.3) is 0 Å². The average molecular weight is 216 g/mol. The lowest BCUT2D eigenvalue weighted by Crippen LogP contribution is -2.06. The van der Waals surface area contributed by atoms with E-state index in [1.165, 1.54) is 26.4 Å². The molecule has 0 aromatic heterocycles. The Morgan fingerprint density at radius 1 is 1.43 bits per heavy atom. The van der Waals surface area contributed by atoms with E-state index in [1.54, 1.807) is 0 Å². The number of esters is 1. The number of ether oxygens (including phenoxy) is 2. The minimum absolute atomic E-state index is 0.222. The maximum Gasteiger partial charge on any atom is 0.341 e. The second kappa shape index (κ2) is 4.19. The number of carbonyl (C=O) groups excluding carboxylic acids is 1. The van der Waals surface area contributed by atoms with E-state index in [1.807, 2.05) is 0 Å². The molecule has 1 rings (SSSR count). The molecule has 0 amide bonds. The number of benzene rings is 1. The smallest absolute Gasteiger partial charge is 0.341 e. The topological polar surface area (TPSA) is 61.5 Å². The second-order valence-corrected chi connectivity index (χ2v) is 3.00. The summed E-state index contributed by atoms with van der Waals surface area (Å²) in [5, 5.41) is 0.365. The van der Waals surface area contributed by atoms with E-state index >= 15 is 0 Å². The van der Waals surface area contributed by atoms with Crippen molar-refractivity contribution in [2.45, 2.75) is 0 Å². The molecule has 0 bridgehead atoms. The highest BCUT2D eigenvalue weighted by Crippen LogP contribution is 2.30. The highest BCUT2D eigenvalue weighted by Gasteiger charge is 2.16. The minimum Gasteiger partial charge on any atom is -0.494 e. The Bertz CT molecular complexity index is 365. The van der Waals surface area contributed by atoms with Gasteiger partial charge in [0, 0.05) is 5.02 Å². The first-order valence-electron chi connectivity index (χ1n) is 3.81. The molecular weight excluding hydrogens is 206 g/mol. The van der Waals surface area contributed by atoms with E-state index in [0.29, 0.717) is 10.7 Å². The molecule has 0 unspecified atom stereocenters. The highest BCUT2D eigenvalue weighted by molar-refractivity contribution is 6.31. The van der Waals surface area contributed by atoms with Crippen molar-refractivity contribution in [1.82, 2.24) is 0 Å². The lowest BCUT2D eigenvalue weighted by Gasteiger charge is -2.09. The van der Waals surface area contributed by atoms with Crippen molar-refractivity contribution >= 4 is 23.3 Å². The van der Waals surface area contributed by atoms with Crippen LogP contribution in [0.5, 0.6) is 5.75 Å². The van der Waals surface area contributed by atoms with Gasteiger partial charge in [-0.1, -0.05) is 11.6 Å². The van der Waals surface area contributed by atoms with Crippen molar-refractivity contribution in [2.24, 2.45) is 0 Å². The zero-order valence-corrected chi connectivity index (χ0v) is 8.59. The van der Waals surface area contributed by atoms with Crippen LogP contribution in [-0.2, 0) is 4.74 Å². The van der Waals surface area contributed by atoms with Gasteiger partial charge in [0.1, 0.15) is 5.56 Å². The number of nitrogens with two attached hydrogens (primary N) is 1. The minimum atomic E-state index is -0.531. The van der Waals surface area contributed by atoms with Gasteiger partial charge < -0.3 is 15.2 Å². The molecule has 0 heterocycles. The third-order valence-electron chi connectivity index (χ3n) is 1.69. The molecule has 0 atom stereocenters. The monoisotopic (exact) mass is 215 g/mol. The van der Waals surface area contributed by atoms with Crippen LogP contribution in [0.25, 0.3) is 0 Å². The molecular formula is C9H10ClNO3. The number of hydrogen-bond acceptors (Lipinski definition) is 4. The van der Waals surface area contributed by atoms with Gasteiger partial charge in [-0.15, -0.1) is 0 Å². The first-order chi connectivity index (χ1) is 6.60.